The van der Waals surface area contributed by atoms with Gasteiger partial charge >= 0.3 is 0 Å². The number of nitrogens with zero attached hydrogens (tertiary/aromatic N) is 2. The maximum Gasteiger partial charge on any atom is 0.226 e. The Morgan fingerprint density at radius 1 is 1.55 bits per heavy atom. The van der Waals surface area contributed by atoms with Crippen molar-refractivity contribution in [2.75, 3.05) is 7.11 Å². The van der Waals surface area contributed by atoms with Crippen molar-refractivity contribution in [3.05, 3.63) is 11.7 Å². The summed E-state index contributed by atoms with van der Waals surface area (Å²) in [7, 11) is 1.75. The van der Waals surface area contributed by atoms with Crippen LogP contribution in [0.1, 0.15) is 64.1 Å². The Morgan fingerprint density at radius 3 is 3.00 bits per heavy atom. The minimum absolute atomic E-state index is 0.224. The Balaban J connectivity index is 2.02. The third kappa shape index (κ3) is 3.58. The number of methoxy groups -OCH3 is 1. The van der Waals surface area contributed by atoms with E-state index in [9.17, 15) is 0 Å². The van der Waals surface area contributed by atoms with E-state index >= 15 is 0 Å². The lowest BCUT2D eigenvalue weighted by atomic mass is 9.78. The zero-order chi connectivity index (χ0) is 14.6. The Bertz CT molecular complexity index is 419. The second-order valence-electron chi connectivity index (χ2n) is 6.28. The normalized spacial score (nSPS) is 28.5. The molecule has 0 saturated heterocycles. The van der Waals surface area contributed by atoms with Crippen molar-refractivity contribution in [3.8, 4) is 0 Å². The molecule has 114 valence electrons. The van der Waals surface area contributed by atoms with Gasteiger partial charge < -0.3 is 15.0 Å². The molecule has 5 heteroatoms. The van der Waals surface area contributed by atoms with Crippen molar-refractivity contribution in [2.45, 2.75) is 70.4 Å². The van der Waals surface area contributed by atoms with E-state index in [1.807, 2.05) is 6.92 Å². The van der Waals surface area contributed by atoms with Crippen molar-refractivity contribution >= 4 is 0 Å². The second-order valence-corrected chi connectivity index (χ2v) is 6.28. The molecule has 1 saturated carbocycles. The van der Waals surface area contributed by atoms with Gasteiger partial charge in [-0.3, -0.25) is 0 Å². The van der Waals surface area contributed by atoms with Gasteiger partial charge in [0.2, 0.25) is 11.7 Å². The summed E-state index contributed by atoms with van der Waals surface area (Å²) < 4.78 is 11.2. The molecule has 5 nitrogen and oxygen atoms in total. The first kappa shape index (κ1) is 15.4. The predicted molar refractivity (Wildman–Crippen MR) is 77.2 cm³/mol. The maximum atomic E-state index is 5.79. The van der Waals surface area contributed by atoms with Crippen molar-refractivity contribution in [1.29, 1.82) is 0 Å². The molecule has 20 heavy (non-hydrogen) atoms. The first-order valence-electron chi connectivity index (χ1n) is 7.69. The fourth-order valence-corrected chi connectivity index (χ4v) is 3.10. The van der Waals surface area contributed by atoms with Gasteiger partial charge in [0.1, 0.15) is 5.60 Å². The Kier molecular flexibility index (Phi) is 5.16. The lowest BCUT2D eigenvalue weighted by Crippen LogP contribution is -2.35. The van der Waals surface area contributed by atoms with Crippen LogP contribution in [0, 0.1) is 5.92 Å². The minimum Gasteiger partial charge on any atom is -0.370 e. The van der Waals surface area contributed by atoms with Crippen molar-refractivity contribution in [2.24, 2.45) is 11.7 Å². The first-order chi connectivity index (χ1) is 9.55. The van der Waals surface area contributed by atoms with Gasteiger partial charge in [0.15, 0.2) is 0 Å². The van der Waals surface area contributed by atoms with E-state index in [1.165, 1.54) is 6.42 Å². The second kappa shape index (κ2) is 6.68. The summed E-state index contributed by atoms with van der Waals surface area (Å²) in [6.07, 6.45) is 7.12. The highest BCUT2D eigenvalue weighted by molar-refractivity contribution is 5.04. The third-order valence-electron chi connectivity index (χ3n) is 4.27. The van der Waals surface area contributed by atoms with Gasteiger partial charge in [-0.2, -0.15) is 4.98 Å². The average Bonchev–Trinajstić information content (AvgIpc) is 2.87. The molecular formula is C15H27N3O2. The van der Waals surface area contributed by atoms with E-state index < -0.39 is 0 Å². The van der Waals surface area contributed by atoms with Crippen LogP contribution < -0.4 is 5.73 Å². The van der Waals surface area contributed by atoms with Crippen LogP contribution in [0.25, 0.3) is 0 Å². The predicted octanol–water partition coefficient (Wildman–Crippen LogP) is 2.79. The SMILES string of the molecule is COC1(c2noc(CCCC(C)N)n2)CCCC(C)C1. The molecular weight excluding hydrogens is 254 g/mol. The summed E-state index contributed by atoms with van der Waals surface area (Å²) in [4.78, 5) is 4.56. The van der Waals surface area contributed by atoms with Crippen LogP contribution in [0.5, 0.6) is 0 Å². The lowest BCUT2D eigenvalue weighted by molar-refractivity contribution is -0.0658. The van der Waals surface area contributed by atoms with Crippen LogP contribution in [0.3, 0.4) is 0 Å². The summed E-state index contributed by atoms with van der Waals surface area (Å²) in [5.74, 6) is 2.07. The highest BCUT2D eigenvalue weighted by Gasteiger charge is 2.40. The van der Waals surface area contributed by atoms with Crippen LogP contribution >= 0.6 is 0 Å². The molecule has 0 radical (unpaired) electrons. The summed E-state index contributed by atoms with van der Waals surface area (Å²) >= 11 is 0. The molecule has 0 aromatic carbocycles. The standard InChI is InChI=1S/C15H27N3O2/c1-11-6-5-9-15(10-11,19-3)14-17-13(20-18-14)8-4-7-12(2)16/h11-12H,4-10,16H2,1-3H3. The molecule has 1 aromatic rings. The lowest BCUT2D eigenvalue weighted by Gasteiger charge is -2.36. The zero-order valence-electron chi connectivity index (χ0n) is 12.9. The quantitative estimate of drug-likeness (QED) is 0.868. The van der Waals surface area contributed by atoms with Crippen molar-refractivity contribution in [1.82, 2.24) is 10.1 Å². The van der Waals surface area contributed by atoms with Crippen LogP contribution in [0.4, 0.5) is 0 Å². The molecule has 1 aromatic heterocycles. The van der Waals surface area contributed by atoms with Crippen LogP contribution in [-0.4, -0.2) is 23.3 Å². The van der Waals surface area contributed by atoms with E-state index in [0.29, 0.717) is 11.8 Å². The smallest absolute Gasteiger partial charge is 0.226 e. The van der Waals surface area contributed by atoms with Gasteiger partial charge in [-0.05, 0) is 44.9 Å². The topological polar surface area (TPSA) is 74.2 Å². The summed E-state index contributed by atoms with van der Waals surface area (Å²) in [6, 6.07) is 0.224. The molecule has 3 unspecified atom stereocenters. The molecule has 2 N–H and O–H groups in total. The number of nitrogens with two attached hydrogens (primary N) is 1. The summed E-state index contributed by atoms with van der Waals surface area (Å²) in [6.45, 7) is 4.28. The maximum absolute atomic E-state index is 5.79. The molecule has 0 amide bonds. The van der Waals surface area contributed by atoms with Crippen LogP contribution in [-0.2, 0) is 16.8 Å². The monoisotopic (exact) mass is 281 g/mol. The van der Waals surface area contributed by atoms with Gasteiger partial charge in [0, 0.05) is 19.6 Å². The Hall–Kier alpha value is -0.940. The number of hydrogen-bond acceptors (Lipinski definition) is 5. The van der Waals surface area contributed by atoms with Gasteiger partial charge in [0.05, 0.1) is 0 Å². The minimum atomic E-state index is -0.347. The molecule has 2 rings (SSSR count). The molecule has 3 atom stereocenters. The molecule has 0 aliphatic heterocycles. The third-order valence-corrected chi connectivity index (χ3v) is 4.27. The summed E-state index contributed by atoms with van der Waals surface area (Å²) in [5, 5.41) is 4.17. The fraction of sp³-hybridized carbons (Fsp3) is 0.867. The van der Waals surface area contributed by atoms with E-state index in [-0.39, 0.29) is 11.6 Å². The van der Waals surface area contributed by atoms with Gasteiger partial charge in [-0.25, -0.2) is 0 Å². The number of rotatable bonds is 6. The molecule has 1 aliphatic rings. The van der Waals surface area contributed by atoms with Crippen molar-refractivity contribution in [3.63, 3.8) is 0 Å². The van der Waals surface area contributed by atoms with E-state index in [0.717, 1.165) is 44.3 Å². The van der Waals surface area contributed by atoms with Crippen LogP contribution in [0.15, 0.2) is 4.52 Å². The highest BCUT2D eigenvalue weighted by Crippen LogP contribution is 2.41. The van der Waals surface area contributed by atoms with Gasteiger partial charge in [0.25, 0.3) is 0 Å². The van der Waals surface area contributed by atoms with Gasteiger partial charge in [-0.15, -0.1) is 0 Å². The van der Waals surface area contributed by atoms with E-state index in [1.54, 1.807) is 7.11 Å². The molecule has 0 bridgehead atoms. The number of ether oxygens (including phenoxy) is 1. The van der Waals surface area contributed by atoms with Crippen LogP contribution in [0.2, 0.25) is 0 Å². The van der Waals surface area contributed by atoms with Crippen molar-refractivity contribution < 1.29 is 9.26 Å². The number of aryl methyl sites for hydroxylation is 1. The largest absolute Gasteiger partial charge is 0.370 e. The molecule has 1 heterocycles. The first-order valence-corrected chi connectivity index (χ1v) is 7.69. The van der Waals surface area contributed by atoms with E-state index in [2.05, 4.69) is 17.1 Å². The highest BCUT2D eigenvalue weighted by atomic mass is 16.5. The number of hydrogen-bond donors (Lipinski definition) is 1. The fourth-order valence-electron chi connectivity index (χ4n) is 3.10. The molecule has 1 fully saturated rings. The van der Waals surface area contributed by atoms with E-state index in [4.69, 9.17) is 15.0 Å². The molecule has 1 aliphatic carbocycles. The Morgan fingerprint density at radius 2 is 2.35 bits per heavy atom. The van der Waals surface area contributed by atoms with Gasteiger partial charge in [-0.1, -0.05) is 18.5 Å². The summed E-state index contributed by atoms with van der Waals surface area (Å²) in [5.41, 5.74) is 5.40. The Labute approximate surface area is 121 Å². The number of aromatic nitrogens is 2. The average molecular weight is 281 g/mol. The molecule has 0 spiro atoms. The zero-order valence-corrected chi connectivity index (χ0v) is 12.9.